The van der Waals surface area contributed by atoms with Crippen molar-refractivity contribution in [2.75, 3.05) is 19.6 Å². The Bertz CT molecular complexity index is 140. The van der Waals surface area contributed by atoms with Crippen LogP contribution < -0.4 is 11.5 Å². The van der Waals surface area contributed by atoms with Crippen LogP contribution in [0.1, 0.15) is 19.8 Å². The smallest absolute Gasteiger partial charge is 0.402 e. The van der Waals surface area contributed by atoms with Crippen LogP contribution in [0.3, 0.4) is 0 Å². The number of carbonyl (C=O) groups is 1. The summed E-state index contributed by atoms with van der Waals surface area (Å²) in [6.07, 6.45) is 1.04. The summed E-state index contributed by atoms with van der Waals surface area (Å²) in [7, 11) is 0. The Balaban J connectivity index is 0.000000310. The molecule has 5 nitrogen and oxygen atoms in total. The molecule has 0 aromatic heterocycles. The van der Waals surface area contributed by atoms with Gasteiger partial charge in [-0.2, -0.15) is 0 Å². The summed E-state index contributed by atoms with van der Waals surface area (Å²) >= 11 is 0. The van der Waals surface area contributed by atoms with Gasteiger partial charge < -0.3 is 21.5 Å². The lowest BCUT2D eigenvalue weighted by molar-refractivity contribution is 0.205. The predicted molar refractivity (Wildman–Crippen MR) is 51.5 cm³/mol. The van der Waals surface area contributed by atoms with Crippen LogP contribution >= 0.6 is 0 Å². The van der Waals surface area contributed by atoms with Crippen LogP contribution in [0.4, 0.5) is 4.79 Å². The molecule has 5 N–H and O–H groups in total. The maximum absolute atomic E-state index is 8.78. The highest BCUT2D eigenvalue weighted by Gasteiger charge is 2.13. The molecule has 0 bridgehead atoms. The van der Waals surface area contributed by atoms with Crippen molar-refractivity contribution in [3.8, 4) is 0 Å². The first-order valence-corrected chi connectivity index (χ1v) is 4.52. The molecule has 0 spiro atoms. The first-order valence-electron chi connectivity index (χ1n) is 4.52. The van der Waals surface area contributed by atoms with Crippen molar-refractivity contribution in [3.05, 3.63) is 0 Å². The molecule has 1 amide bonds. The summed E-state index contributed by atoms with van der Waals surface area (Å²) in [6.45, 7) is 5.80. The highest BCUT2D eigenvalue weighted by molar-refractivity contribution is 5.61. The van der Waals surface area contributed by atoms with Gasteiger partial charge in [0.05, 0.1) is 0 Å². The minimum Gasteiger partial charge on any atom is -0.465 e. The molecule has 0 aromatic rings. The van der Waals surface area contributed by atoms with Crippen LogP contribution in [0.25, 0.3) is 0 Å². The Morgan fingerprint density at radius 1 is 1.54 bits per heavy atom. The standard InChI is InChI=1S/C7H16N2.CH3NO2/c1-2-9-5-3-7(8)4-6-9;2-1(3)4/h7H,2-6,8H2,1H3;2H2,(H,3,4). The number of hydrogen-bond acceptors (Lipinski definition) is 3. The number of nitrogens with zero attached hydrogens (tertiary/aromatic N) is 1. The van der Waals surface area contributed by atoms with Crippen LogP contribution in [0.2, 0.25) is 0 Å². The quantitative estimate of drug-likeness (QED) is 0.543. The zero-order chi connectivity index (χ0) is 10.3. The molecule has 1 saturated heterocycles. The fourth-order valence-corrected chi connectivity index (χ4v) is 1.27. The molecule has 1 aliphatic heterocycles. The maximum Gasteiger partial charge on any atom is 0.402 e. The highest BCUT2D eigenvalue weighted by Crippen LogP contribution is 2.06. The van der Waals surface area contributed by atoms with Crippen molar-refractivity contribution in [1.29, 1.82) is 0 Å². The van der Waals surface area contributed by atoms with Crippen LogP contribution in [-0.2, 0) is 0 Å². The van der Waals surface area contributed by atoms with Crippen molar-refractivity contribution >= 4 is 6.09 Å². The summed E-state index contributed by atoms with van der Waals surface area (Å²) in [4.78, 5) is 11.2. The van der Waals surface area contributed by atoms with E-state index < -0.39 is 6.09 Å². The molecule has 0 radical (unpaired) electrons. The summed E-state index contributed by atoms with van der Waals surface area (Å²) in [5.41, 5.74) is 9.75. The zero-order valence-corrected chi connectivity index (χ0v) is 8.07. The second-order valence-corrected chi connectivity index (χ2v) is 3.11. The van der Waals surface area contributed by atoms with E-state index in [0.717, 1.165) is 0 Å². The van der Waals surface area contributed by atoms with Gasteiger partial charge in [-0.05, 0) is 32.5 Å². The average Bonchev–Trinajstić information content (AvgIpc) is 2.05. The van der Waals surface area contributed by atoms with Gasteiger partial charge in [-0.25, -0.2) is 4.79 Å². The monoisotopic (exact) mass is 189 g/mol. The summed E-state index contributed by atoms with van der Waals surface area (Å²) in [5, 5.41) is 7.19. The van der Waals surface area contributed by atoms with Crippen LogP contribution in [0.15, 0.2) is 0 Å². The lowest BCUT2D eigenvalue weighted by Gasteiger charge is -2.28. The molecule has 0 atom stereocenters. The van der Waals surface area contributed by atoms with Crippen molar-refractivity contribution in [2.24, 2.45) is 11.5 Å². The Morgan fingerprint density at radius 2 is 1.92 bits per heavy atom. The molecule has 1 fully saturated rings. The molecule has 13 heavy (non-hydrogen) atoms. The van der Waals surface area contributed by atoms with E-state index in [1.165, 1.54) is 32.5 Å². The maximum atomic E-state index is 8.78. The number of amides is 1. The number of piperidine rings is 1. The SMILES string of the molecule is CCN1CCC(N)CC1.NC(=O)O. The number of hydrogen-bond donors (Lipinski definition) is 3. The molecule has 0 saturated carbocycles. The van der Waals surface area contributed by atoms with Crippen molar-refractivity contribution < 1.29 is 9.90 Å². The molecule has 0 aliphatic carbocycles. The van der Waals surface area contributed by atoms with E-state index in [1.807, 2.05) is 0 Å². The van der Waals surface area contributed by atoms with E-state index in [9.17, 15) is 0 Å². The molecular formula is C8H19N3O2. The van der Waals surface area contributed by atoms with E-state index in [2.05, 4.69) is 17.6 Å². The van der Waals surface area contributed by atoms with E-state index in [-0.39, 0.29) is 0 Å². The Hall–Kier alpha value is -0.810. The second-order valence-electron chi connectivity index (χ2n) is 3.11. The number of rotatable bonds is 1. The van der Waals surface area contributed by atoms with Gasteiger partial charge in [0.15, 0.2) is 0 Å². The highest BCUT2D eigenvalue weighted by atomic mass is 16.4. The van der Waals surface area contributed by atoms with Crippen LogP contribution in [-0.4, -0.2) is 41.8 Å². The predicted octanol–water partition coefficient (Wildman–Crippen LogP) is 0.0525. The van der Waals surface area contributed by atoms with E-state index in [0.29, 0.717) is 6.04 Å². The topological polar surface area (TPSA) is 92.6 Å². The number of primary amides is 1. The third kappa shape index (κ3) is 7.55. The van der Waals surface area contributed by atoms with Gasteiger partial charge in [-0.1, -0.05) is 6.92 Å². The van der Waals surface area contributed by atoms with Gasteiger partial charge in [-0.3, -0.25) is 0 Å². The van der Waals surface area contributed by atoms with Gasteiger partial charge in [0.1, 0.15) is 0 Å². The first kappa shape index (κ1) is 12.2. The summed E-state index contributed by atoms with van der Waals surface area (Å²) in [6, 6.07) is 0.479. The van der Waals surface area contributed by atoms with Gasteiger partial charge in [0.25, 0.3) is 0 Å². The number of carboxylic acid groups (broad SMARTS) is 1. The van der Waals surface area contributed by atoms with E-state index in [1.54, 1.807) is 0 Å². The van der Waals surface area contributed by atoms with Crippen LogP contribution in [0.5, 0.6) is 0 Å². The molecule has 1 rings (SSSR count). The lowest BCUT2D eigenvalue weighted by atomic mass is 10.1. The largest absolute Gasteiger partial charge is 0.465 e. The second kappa shape index (κ2) is 6.68. The number of nitrogens with two attached hydrogens (primary N) is 2. The average molecular weight is 189 g/mol. The number of likely N-dealkylation sites (tertiary alicyclic amines) is 1. The van der Waals surface area contributed by atoms with E-state index in [4.69, 9.17) is 15.6 Å². The normalized spacial score (nSPS) is 18.9. The van der Waals surface area contributed by atoms with Crippen molar-refractivity contribution in [3.63, 3.8) is 0 Å². The zero-order valence-electron chi connectivity index (χ0n) is 8.07. The summed E-state index contributed by atoms with van der Waals surface area (Å²) < 4.78 is 0. The molecule has 1 aliphatic rings. The third-order valence-electron chi connectivity index (χ3n) is 2.08. The van der Waals surface area contributed by atoms with E-state index >= 15 is 0 Å². The summed E-state index contributed by atoms with van der Waals surface area (Å²) in [5.74, 6) is 0. The van der Waals surface area contributed by atoms with Gasteiger partial charge in [-0.15, -0.1) is 0 Å². The Labute approximate surface area is 78.7 Å². The Morgan fingerprint density at radius 3 is 2.23 bits per heavy atom. The van der Waals surface area contributed by atoms with Crippen molar-refractivity contribution in [1.82, 2.24) is 4.90 Å². The fraction of sp³-hybridized carbons (Fsp3) is 0.875. The molecule has 1 heterocycles. The van der Waals surface area contributed by atoms with Gasteiger partial charge in [0.2, 0.25) is 0 Å². The van der Waals surface area contributed by atoms with Gasteiger partial charge in [0, 0.05) is 6.04 Å². The molecule has 5 heteroatoms. The Kier molecular flexibility index (Phi) is 6.26. The van der Waals surface area contributed by atoms with Crippen LogP contribution in [0, 0.1) is 0 Å². The minimum absolute atomic E-state index is 0.479. The molecular weight excluding hydrogens is 170 g/mol. The minimum atomic E-state index is -1.33. The van der Waals surface area contributed by atoms with Crippen molar-refractivity contribution in [2.45, 2.75) is 25.8 Å². The third-order valence-corrected chi connectivity index (χ3v) is 2.08. The first-order chi connectivity index (χ1) is 6.06. The molecule has 0 aromatic carbocycles. The fourth-order valence-electron chi connectivity index (χ4n) is 1.27. The lowest BCUT2D eigenvalue weighted by Crippen LogP contribution is -2.39. The molecule has 0 unspecified atom stereocenters. The van der Waals surface area contributed by atoms with Gasteiger partial charge >= 0.3 is 6.09 Å². The molecule has 78 valence electrons.